The van der Waals surface area contributed by atoms with Gasteiger partial charge in [-0.25, -0.2) is 8.42 Å². The van der Waals surface area contributed by atoms with Gasteiger partial charge in [-0.05, 0) is 49.1 Å². The molecule has 236 valence electrons. The van der Waals surface area contributed by atoms with Crippen LogP contribution in [-0.4, -0.2) is 57.1 Å². The predicted molar refractivity (Wildman–Crippen MR) is 176 cm³/mol. The lowest BCUT2D eigenvalue weighted by Gasteiger charge is -2.33. The number of nitrogens with one attached hydrogen (secondary N) is 1. The molecule has 3 aromatic rings. The Bertz CT molecular complexity index is 1510. The van der Waals surface area contributed by atoms with Crippen LogP contribution in [0.15, 0.2) is 72.8 Å². The Kier molecular flexibility index (Phi) is 11.9. The molecule has 1 saturated carbocycles. The number of carbonyl (C=O) groups is 2. The van der Waals surface area contributed by atoms with Crippen molar-refractivity contribution in [3.8, 4) is 5.75 Å². The number of hydrogen-bond acceptors (Lipinski definition) is 5. The highest BCUT2D eigenvalue weighted by atomic mass is 35.5. The zero-order valence-electron chi connectivity index (χ0n) is 25.0. The Morgan fingerprint density at radius 2 is 1.59 bits per heavy atom. The van der Waals surface area contributed by atoms with E-state index in [4.69, 9.17) is 27.9 Å². The number of benzene rings is 3. The van der Waals surface area contributed by atoms with Gasteiger partial charge in [-0.2, -0.15) is 0 Å². The number of hydrogen-bond donors (Lipinski definition) is 1. The van der Waals surface area contributed by atoms with Crippen molar-refractivity contribution in [1.29, 1.82) is 0 Å². The molecule has 0 heterocycles. The number of para-hydroxylation sites is 2. The molecule has 0 unspecified atom stereocenters. The number of halogens is 2. The first kappa shape index (κ1) is 33.6. The lowest BCUT2D eigenvalue weighted by atomic mass is 10.0. The lowest BCUT2D eigenvalue weighted by Crippen LogP contribution is -2.52. The second kappa shape index (κ2) is 15.6. The van der Waals surface area contributed by atoms with E-state index in [1.54, 1.807) is 42.5 Å². The Balaban J connectivity index is 1.63. The van der Waals surface area contributed by atoms with E-state index in [0.717, 1.165) is 37.5 Å². The molecule has 0 spiro atoms. The summed E-state index contributed by atoms with van der Waals surface area (Å²) in [5, 5.41) is 3.96. The topological polar surface area (TPSA) is 96.0 Å². The fraction of sp³-hybridized carbons (Fsp3) is 0.394. The van der Waals surface area contributed by atoms with E-state index in [0.29, 0.717) is 33.5 Å². The molecule has 8 nitrogen and oxygen atoms in total. The molecule has 1 fully saturated rings. The molecule has 1 aliphatic rings. The molecule has 1 N–H and O–H groups in total. The molecule has 1 atom stereocenters. The molecule has 4 rings (SSSR count). The third-order valence-electron chi connectivity index (χ3n) is 7.87. The van der Waals surface area contributed by atoms with Crippen molar-refractivity contribution in [2.45, 2.75) is 63.6 Å². The third kappa shape index (κ3) is 8.89. The van der Waals surface area contributed by atoms with Gasteiger partial charge in [-0.1, -0.05) is 84.6 Å². The first-order valence-electron chi connectivity index (χ1n) is 14.8. The van der Waals surface area contributed by atoms with Crippen LogP contribution in [0.4, 0.5) is 5.69 Å². The van der Waals surface area contributed by atoms with E-state index in [-0.39, 0.29) is 43.8 Å². The third-order valence-corrected chi connectivity index (χ3v) is 9.76. The van der Waals surface area contributed by atoms with E-state index >= 15 is 0 Å². The fourth-order valence-corrected chi connectivity index (χ4v) is 7.08. The molecule has 0 bridgehead atoms. The number of anilines is 1. The number of rotatable bonds is 14. The number of carbonyl (C=O) groups excluding carboxylic acids is 2. The van der Waals surface area contributed by atoms with Crippen LogP contribution in [-0.2, 0) is 32.6 Å². The van der Waals surface area contributed by atoms with Crippen LogP contribution in [0.25, 0.3) is 0 Å². The second-order valence-electron chi connectivity index (χ2n) is 11.0. The van der Waals surface area contributed by atoms with E-state index in [1.165, 1.54) is 16.3 Å². The zero-order valence-corrected chi connectivity index (χ0v) is 27.4. The SMILES string of the molecule is COc1ccccc1N(CCCC(=O)N(Cc1c(Cl)cccc1Cl)[C@@H](Cc1ccccc1)C(=O)NC1CCCC1)S(C)(=O)=O. The molecule has 44 heavy (non-hydrogen) atoms. The summed E-state index contributed by atoms with van der Waals surface area (Å²) in [6, 6.07) is 20.8. The zero-order chi connectivity index (χ0) is 31.7. The van der Waals surface area contributed by atoms with E-state index in [2.05, 4.69) is 5.32 Å². The Labute approximate surface area is 270 Å². The van der Waals surface area contributed by atoms with Crippen LogP contribution >= 0.6 is 23.2 Å². The average molecular weight is 661 g/mol. The molecule has 0 aromatic heterocycles. The van der Waals surface area contributed by atoms with E-state index in [1.807, 2.05) is 30.3 Å². The molecule has 0 saturated heterocycles. The maximum atomic E-state index is 14.1. The number of amides is 2. The minimum absolute atomic E-state index is 0.00869. The number of methoxy groups -OCH3 is 1. The van der Waals surface area contributed by atoms with Gasteiger partial charge in [0, 0.05) is 47.6 Å². The van der Waals surface area contributed by atoms with Crippen LogP contribution in [0, 0.1) is 0 Å². The van der Waals surface area contributed by atoms with Gasteiger partial charge in [0.25, 0.3) is 0 Å². The van der Waals surface area contributed by atoms with Gasteiger partial charge in [-0.15, -0.1) is 0 Å². The van der Waals surface area contributed by atoms with E-state index < -0.39 is 16.1 Å². The minimum Gasteiger partial charge on any atom is -0.495 e. The molecule has 11 heteroatoms. The van der Waals surface area contributed by atoms with Crippen molar-refractivity contribution in [1.82, 2.24) is 10.2 Å². The molecule has 1 aliphatic carbocycles. The average Bonchev–Trinajstić information content (AvgIpc) is 3.51. The first-order chi connectivity index (χ1) is 21.1. The summed E-state index contributed by atoms with van der Waals surface area (Å²) in [6.07, 6.45) is 5.52. The summed E-state index contributed by atoms with van der Waals surface area (Å²) in [4.78, 5) is 29.5. The molecule has 0 aliphatic heterocycles. The monoisotopic (exact) mass is 659 g/mol. The highest BCUT2D eigenvalue weighted by molar-refractivity contribution is 7.92. The maximum Gasteiger partial charge on any atom is 0.243 e. The quantitative estimate of drug-likeness (QED) is 0.221. The smallest absolute Gasteiger partial charge is 0.243 e. The largest absolute Gasteiger partial charge is 0.495 e. The highest BCUT2D eigenvalue weighted by Gasteiger charge is 2.33. The van der Waals surface area contributed by atoms with Gasteiger partial charge in [0.2, 0.25) is 21.8 Å². The van der Waals surface area contributed by atoms with E-state index in [9.17, 15) is 18.0 Å². The van der Waals surface area contributed by atoms with Crippen LogP contribution in [0.5, 0.6) is 5.75 Å². The maximum absolute atomic E-state index is 14.1. The van der Waals surface area contributed by atoms with Gasteiger partial charge in [-0.3, -0.25) is 13.9 Å². The summed E-state index contributed by atoms with van der Waals surface area (Å²) >= 11 is 13.1. The van der Waals surface area contributed by atoms with Crippen molar-refractivity contribution < 1.29 is 22.7 Å². The summed E-state index contributed by atoms with van der Waals surface area (Å²) in [7, 11) is -2.21. The molecule has 0 radical (unpaired) electrons. The highest BCUT2D eigenvalue weighted by Crippen LogP contribution is 2.31. The Morgan fingerprint density at radius 3 is 2.23 bits per heavy atom. The first-order valence-corrected chi connectivity index (χ1v) is 17.4. The molecular weight excluding hydrogens is 621 g/mol. The normalized spacial score (nSPS) is 14.2. The Morgan fingerprint density at radius 1 is 0.955 bits per heavy atom. The second-order valence-corrected chi connectivity index (χ2v) is 13.7. The van der Waals surface area contributed by atoms with Crippen molar-refractivity contribution in [2.24, 2.45) is 0 Å². The van der Waals surface area contributed by atoms with Gasteiger partial charge in [0.15, 0.2) is 0 Å². The lowest BCUT2D eigenvalue weighted by molar-refractivity contribution is -0.141. The number of sulfonamides is 1. The van der Waals surface area contributed by atoms with Crippen molar-refractivity contribution in [3.63, 3.8) is 0 Å². The molecule has 3 aromatic carbocycles. The molecular formula is C33H39Cl2N3O5S. The standard InChI is InChI=1S/C33H39Cl2N3O5S/c1-43-31-19-9-8-18-29(31)38(44(2,41)42)21-11-20-32(39)37(23-26-27(34)16-10-17-28(26)35)30(22-24-12-4-3-5-13-24)33(40)36-25-14-6-7-15-25/h3-5,8-10,12-13,16-19,25,30H,6-7,11,14-15,20-23H2,1-2H3,(H,36,40)/t30-/m0/s1. The summed E-state index contributed by atoms with van der Waals surface area (Å²) < 4.78 is 32.2. The van der Waals surface area contributed by atoms with Crippen molar-refractivity contribution in [3.05, 3.63) is 94.0 Å². The number of ether oxygens (including phenoxy) is 1. The van der Waals surface area contributed by atoms with Crippen LogP contribution in [0.3, 0.4) is 0 Å². The van der Waals surface area contributed by atoms with Gasteiger partial charge < -0.3 is 15.0 Å². The van der Waals surface area contributed by atoms with Gasteiger partial charge in [0.05, 0.1) is 19.1 Å². The van der Waals surface area contributed by atoms with Crippen LogP contribution in [0.1, 0.15) is 49.7 Å². The predicted octanol–water partition coefficient (Wildman–Crippen LogP) is 6.25. The van der Waals surface area contributed by atoms with Gasteiger partial charge in [0.1, 0.15) is 11.8 Å². The molecule has 2 amide bonds. The van der Waals surface area contributed by atoms with Crippen molar-refractivity contribution in [2.75, 3.05) is 24.2 Å². The van der Waals surface area contributed by atoms with Crippen molar-refractivity contribution >= 4 is 50.7 Å². The fourth-order valence-electron chi connectivity index (χ4n) is 5.59. The minimum atomic E-state index is -3.68. The van der Waals surface area contributed by atoms with Gasteiger partial charge >= 0.3 is 0 Å². The summed E-state index contributed by atoms with van der Waals surface area (Å²) in [5.41, 5.74) is 1.84. The summed E-state index contributed by atoms with van der Waals surface area (Å²) in [5.74, 6) is -0.133. The Hall–Kier alpha value is -3.27. The number of nitrogens with zero attached hydrogens (tertiary/aromatic N) is 2. The van der Waals surface area contributed by atoms with Crippen LogP contribution in [0.2, 0.25) is 10.0 Å². The van der Waals surface area contributed by atoms with Crippen LogP contribution < -0.4 is 14.4 Å². The summed E-state index contributed by atoms with van der Waals surface area (Å²) in [6.45, 7) is 0.0679.